The maximum absolute atomic E-state index is 13.6. The molecule has 0 bridgehead atoms. The molecule has 2 heterocycles. The van der Waals surface area contributed by atoms with Crippen LogP contribution in [0.25, 0.3) is 11.3 Å². The predicted octanol–water partition coefficient (Wildman–Crippen LogP) is 6.54. The zero-order valence-electron chi connectivity index (χ0n) is 19.2. The lowest BCUT2D eigenvalue weighted by Crippen LogP contribution is -2.29. The van der Waals surface area contributed by atoms with E-state index in [0.29, 0.717) is 46.1 Å². The third-order valence-corrected chi connectivity index (χ3v) is 6.55. The molecule has 5 rings (SSSR count). The lowest BCUT2D eigenvalue weighted by atomic mass is 9.95. The monoisotopic (exact) mass is 507 g/mol. The minimum atomic E-state index is -0.387. The zero-order valence-corrected chi connectivity index (χ0v) is 20.7. The maximum atomic E-state index is 13.6. The fourth-order valence-corrected chi connectivity index (χ4v) is 4.70. The summed E-state index contributed by atoms with van der Waals surface area (Å²) < 4.78 is 11.3. The second-order valence-corrected chi connectivity index (χ2v) is 9.05. The van der Waals surface area contributed by atoms with E-state index in [1.807, 2.05) is 78.6 Å². The number of aromatic nitrogens is 2. The van der Waals surface area contributed by atoms with Crippen molar-refractivity contribution in [1.82, 2.24) is 15.1 Å². The maximum Gasteiger partial charge on any atom is 0.273 e. The Balaban J connectivity index is 1.64. The molecule has 0 spiro atoms. The highest BCUT2D eigenvalue weighted by atomic mass is 35.5. The van der Waals surface area contributed by atoms with Crippen molar-refractivity contribution < 1.29 is 14.3 Å². The Morgan fingerprint density at radius 1 is 0.971 bits per heavy atom. The average molecular weight is 508 g/mol. The van der Waals surface area contributed by atoms with E-state index in [1.54, 1.807) is 7.11 Å². The van der Waals surface area contributed by atoms with Gasteiger partial charge in [-0.15, -0.1) is 0 Å². The number of nitrogens with one attached hydrogen (secondary N) is 1. The molecule has 1 aliphatic heterocycles. The molecule has 1 N–H and O–H groups in total. The van der Waals surface area contributed by atoms with Crippen LogP contribution < -0.4 is 9.47 Å². The summed E-state index contributed by atoms with van der Waals surface area (Å²) in [4.78, 5) is 15.5. The van der Waals surface area contributed by atoms with E-state index >= 15 is 0 Å². The van der Waals surface area contributed by atoms with Gasteiger partial charge in [0.25, 0.3) is 5.91 Å². The van der Waals surface area contributed by atoms with Crippen LogP contribution in [-0.4, -0.2) is 34.7 Å². The Kier molecular flexibility index (Phi) is 6.41. The number of halogens is 2. The fraction of sp³-hybridized carbons (Fsp3) is 0.185. The molecule has 0 radical (unpaired) electrons. The summed E-state index contributed by atoms with van der Waals surface area (Å²) in [7, 11) is 1.61. The van der Waals surface area contributed by atoms with Crippen molar-refractivity contribution in [2.45, 2.75) is 19.5 Å². The van der Waals surface area contributed by atoms with Crippen molar-refractivity contribution in [1.29, 1.82) is 0 Å². The number of benzene rings is 3. The van der Waals surface area contributed by atoms with Gasteiger partial charge >= 0.3 is 0 Å². The van der Waals surface area contributed by atoms with E-state index in [-0.39, 0.29) is 11.9 Å². The van der Waals surface area contributed by atoms with Crippen LogP contribution in [0, 0.1) is 0 Å². The third-order valence-electron chi connectivity index (χ3n) is 6.05. The number of ether oxygens (including phenoxy) is 2. The summed E-state index contributed by atoms with van der Waals surface area (Å²) in [6.07, 6.45) is 0. The van der Waals surface area contributed by atoms with Gasteiger partial charge < -0.3 is 14.4 Å². The van der Waals surface area contributed by atoms with E-state index in [0.717, 1.165) is 22.3 Å². The fourth-order valence-electron chi connectivity index (χ4n) is 4.45. The first-order valence-electron chi connectivity index (χ1n) is 11.2. The lowest BCUT2D eigenvalue weighted by Gasteiger charge is -2.27. The molecule has 35 heavy (non-hydrogen) atoms. The van der Waals surface area contributed by atoms with Crippen LogP contribution >= 0.6 is 23.2 Å². The number of carbonyl (C=O) groups excluding carboxylic acids is 1. The van der Waals surface area contributed by atoms with Gasteiger partial charge in [-0.2, -0.15) is 5.10 Å². The molecule has 1 unspecified atom stereocenters. The first kappa shape index (κ1) is 23.3. The number of hydrogen-bond donors (Lipinski definition) is 1. The second-order valence-electron chi connectivity index (χ2n) is 8.17. The molecule has 1 aromatic heterocycles. The van der Waals surface area contributed by atoms with Crippen LogP contribution in [0.2, 0.25) is 10.0 Å². The zero-order chi connectivity index (χ0) is 24.5. The summed E-state index contributed by atoms with van der Waals surface area (Å²) in [5.74, 6) is 1.13. The molecule has 1 atom stereocenters. The average Bonchev–Trinajstić information content (AvgIpc) is 3.41. The number of amides is 1. The smallest absolute Gasteiger partial charge is 0.273 e. The van der Waals surface area contributed by atoms with Crippen molar-refractivity contribution in [3.8, 4) is 22.8 Å². The molecule has 1 amide bonds. The molecule has 178 valence electrons. The molecular formula is C27H23Cl2N3O3. The minimum Gasteiger partial charge on any atom is -0.493 e. The highest BCUT2D eigenvalue weighted by molar-refractivity contribution is 6.30. The molecule has 3 aromatic carbocycles. The summed E-state index contributed by atoms with van der Waals surface area (Å²) in [6.45, 7) is 2.85. The highest BCUT2D eigenvalue weighted by Gasteiger charge is 2.42. The van der Waals surface area contributed by atoms with Crippen molar-refractivity contribution in [3.63, 3.8) is 0 Å². The van der Waals surface area contributed by atoms with Gasteiger partial charge in [0.2, 0.25) is 0 Å². The van der Waals surface area contributed by atoms with Gasteiger partial charge in [-0.3, -0.25) is 9.89 Å². The summed E-state index contributed by atoms with van der Waals surface area (Å²) in [6, 6.07) is 20.3. The van der Waals surface area contributed by atoms with Gasteiger partial charge in [-0.05, 0) is 54.4 Å². The number of fused-ring (bicyclic) bond motifs is 1. The first-order valence-corrected chi connectivity index (χ1v) is 12.0. The van der Waals surface area contributed by atoms with Crippen LogP contribution in [-0.2, 0) is 6.54 Å². The topological polar surface area (TPSA) is 67.5 Å². The number of rotatable bonds is 7. The Morgan fingerprint density at radius 2 is 1.66 bits per heavy atom. The van der Waals surface area contributed by atoms with Crippen molar-refractivity contribution in [2.24, 2.45) is 0 Å². The molecule has 0 saturated heterocycles. The Bertz CT molecular complexity index is 1370. The molecule has 0 aliphatic carbocycles. The number of nitrogens with zero attached hydrogens (tertiary/aromatic N) is 2. The normalized spacial score (nSPS) is 14.8. The van der Waals surface area contributed by atoms with E-state index in [9.17, 15) is 4.79 Å². The molecule has 0 saturated carbocycles. The van der Waals surface area contributed by atoms with Gasteiger partial charge in [0, 0.05) is 27.7 Å². The second kappa shape index (κ2) is 9.64. The molecule has 1 aliphatic rings. The van der Waals surface area contributed by atoms with Gasteiger partial charge in [0.05, 0.1) is 25.5 Å². The first-order chi connectivity index (χ1) is 17.0. The summed E-state index contributed by atoms with van der Waals surface area (Å²) >= 11 is 12.2. The Labute approximate surface area is 213 Å². The van der Waals surface area contributed by atoms with E-state index in [4.69, 9.17) is 32.7 Å². The van der Waals surface area contributed by atoms with Crippen LogP contribution in [0.15, 0.2) is 66.7 Å². The van der Waals surface area contributed by atoms with Crippen molar-refractivity contribution in [3.05, 3.63) is 99.2 Å². The molecular weight excluding hydrogens is 485 g/mol. The predicted molar refractivity (Wildman–Crippen MR) is 136 cm³/mol. The van der Waals surface area contributed by atoms with Crippen LogP contribution in [0.3, 0.4) is 0 Å². The molecule has 4 aromatic rings. The Morgan fingerprint density at radius 3 is 2.31 bits per heavy atom. The minimum absolute atomic E-state index is 0.125. The largest absolute Gasteiger partial charge is 0.493 e. The van der Waals surface area contributed by atoms with Crippen LogP contribution in [0.4, 0.5) is 0 Å². The van der Waals surface area contributed by atoms with Gasteiger partial charge in [0.15, 0.2) is 11.5 Å². The standard InChI is InChI=1S/C27H23Cl2N3O3/c1-3-35-21-13-8-18(14-22(21)34-2)26-23-24(17-6-11-20(29)12-7-17)30-31-25(23)27(33)32(26)15-16-4-9-19(28)10-5-16/h4-14,26H,3,15H2,1-2H3,(H,30,31). The molecule has 8 heteroatoms. The van der Waals surface area contributed by atoms with Crippen molar-refractivity contribution in [2.75, 3.05) is 13.7 Å². The van der Waals surface area contributed by atoms with Gasteiger partial charge in [-0.1, -0.05) is 53.5 Å². The van der Waals surface area contributed by atoms with Gasteiger partial charge in [0.1, 0.15) is 5.69 Å². The van der Waals surface area contributed by atoms with E-state index < -0.39 is 0 Å². The van der Waals surface area contributed by atoms with Crippen molar-refractivity contribution >= 4 is 29.1 Å². The van der Waals surface area contributed by atoms with Crippen LogP contribution in [0.5, 0.6) is 11.5 Å². The highest BCUT2D eigenvalue weighted by Crippen LogP contribution is 2.45. The summed E-state index contributed by atoms with van der Waals surface area (Å²) in [5.41, 5.74) is 4.73. The molecule has 6 nitrogen and oxygen atoms in total. The van der Waals surface area contributed by atoms with E-state index in [1.165, 1.54) is 0 Å². The number of hydrogen-bond acceptors (Lipinski definition) is 4. The van der Waals surface area contributed by atoms with Gasteiger partial charge in [-0.25, -0.2) is 0 Å². The molecule has 0 fully saturated rings. The number of H-pyrrole nitrogens is 1. The number of methoxy groups -OCH3 is 1. The number of carbonyl (C=O) groups is 1. The summed E-state index contributed by atoms with van der Waals surface area (Å²) in [5, 5.41) is 8.78. The SMILES string of the molecule is CCOc1ccc(C2c3c(-c4ccc(Cl)cc4)n[nH]c3C(=O)N2Cc2ccc(Cl)cc2)cc1OC. The van der Waals surface area contributed by atoms with E-state index in [2.05, 4.69) is 10.2 Å². The quantitative estimate of drug-likeness (QED) is 0.308. The third kappa shape index (κ3) is 4.35. The number of aromatic amines is 1. The Hall–Kier alpha value is -3.48. The van der Waals surface area contributed by atoms with Crippen LogP contribution in [0.1, 0.15) is 40.1 Å². The lowest BCUT2D eigenvalue weighted by molar-refractivity contribution is 0.0730.